The molecule has 0 atom stereocenters. The molecule has 188 valence electrons. The van der Waals surface area contributed by atoms with Gasteiger partial charge in [0.25, 0.3) is 5.91 Å². The number of anilines is 3. The third-order valence-corrected chi connectivity index (χ3v) is 7.34. The number of aryl methyl sites for hydroxylation is 2. The number of hydrogen-bond acceptors (Lipinski definition) is 8. The number of likely N-dealkylation sites (tertiary alicyclic amines) is 1. The van der Waals surface area contributed by atoms with Gasteiger partial charge in [-0.05, 0) is 62.1 Å². The van der Waals surface area contributed by atoms with Gasteiger partial charge in [-0.25, -0.2) is 15.0 Å². The number of benzene rings is 1. The van der Waals surface area contributed by atoms with E-state index in [-0.39, 0.29) is 5.91 Å². The van der Waals surface area contributed by atoms with E-state index in [0.717, 1.165) is 56.8 Å². The van der Waals surface area contributed by atoms with Crippen LogP contribution in [0.15, 0.2) is 42.7 Å². The van der Waals surface area contributed by atoms with Gasteiger partial charge in [0.15, 0.2) is 0 Å². The molecule has 1 fully saturated rings. The number of carbonyl (C=O) groups excluding carboxylic acids is 1. The van der Waals surface area contributed by atoms with Crippen LogP contribution in [0.2, 0.25) is 0 Å². The van der Waals surface area contributed by atoms with E-state index in [1.165, 1.54) is 28.6 Å². The largest absolute Gasteiger partial charge is 0.339 e. The lowest BCUT2D eigenvalue weighted by Crippen LogP contribution is -2.48. The number of nitrogens with zero attached hydrogens (tertiary/aromatic N) is 5. The summed E-state index contributed by atoms with van der Waals surface area (Å²) in [6.45, 7) is 7.59. The molecule has 2 aliphatic heterocycles. The molecule has 2 aliphatic rings. The van der Waals surface area contributed by atoms with Crippen LogP contribution in [0.3, 0.4) is 0 Å². The number of amides is 1. The van der Waals surface area contributed by atoms with Crippen LogP contribution in [-0.4, -0.2) is 62.6 Å². The van der Waals surface area contributed by atoms with Gasteiger partial charge in [0.2, 0.25) is 5.95 Å². The maximum absolute atomic E-state index is 13.0. The van der Waals surface area contributed by atoms with Crippen LogP contribution >= 0.6 is 11.9 Å². The third kappa shape index (κ3) is 5.63. The molecule has 0 saturated carbocycles. The first kappa shape index (κ1) is 24.5. The molecule has 0 radical (unpaired) electrons. The molecule has 9 heteroatoms. The van der Waals surface area contributed by atoms with Gasteiger partial charge >= 0.3 is 0 Å². The van der Waals surface area contributed by atoms with Crippen molar-refractivity contribution in [1.82, 2.24) is 24.8 Å². The lowest BCUT2D eigenvalue weighted by molar-refractivity contribution is 0.0598. The van der Waals surface area contributed by atoms with Gasteiger partial charge in [-0.1, -0.05) is 18.0 Å². The van der Waals surface area contributed by atoms with E-state index in [1.807, 2.05) is 23.4 Å². The minimum absolute atomic E-state index is 0.0845. The molecular formula is C27H33N7OS. The summed E-state index contributed by atoms with van der Waals surface area (Å²) >= 11 is 1.47. The van der Waals surface area contributed by atoms with Gasteiger partial charge in [-0.3, -0.25) is 9.69 Å². The lowest BCUT2D eigenvalue weighted by atomic mass is 9.98. The van der Waals surface area contributed by atoms with Crippen LogP contribution in [-0.2, 0) is 13.0 Å². The Labute approximate surface area is 217 Å². The molecule has 36 heavy (non-hydrogen) atoms. The molecule has 5 rings (SSSR count). The summed E-state index contributed by atoms with van der Waals surface area (Å²) in [5.41, 5.74) is 6.49. The first-order valence-electron chi connectivity index (χ1n) is 12.5. The Kier molecular flexibility index (Phi) is 7.38. The Morgan fingerprint density at radius 2 is 1.83 bits per heavy atom. The Bertz CT molecular complexity index is 1220. The fraction of sp³-hybridized carbons (Fsp3) is 0.407. The highest BCUT2D eigenvalue weighted by molar-refractivity contribution is 7.99. The Balaban J connectivity index is 1.17. The number of pyridine rings is 1. The zero-order valence-corrected chi connectivity index (χ0v) is 21.9. The fourth-order valence-electron chi connectivity index (χ4n) is 5.23. The summed E-state index contributed by atoms with van der Waals surface area (Å²) in [5.74, 6) is 1.46. The first-order chi connectivity index (χ1) is 17.5. The van der Waals surface area contributed by atoms with E-state index in [2.05, 4.69) is 57.0 Å². The standard InChI is InChI=1S/C27H33N7OS/c1-18-12-19(2)14-22(13-18)30-27-29-16-21-17-34(11-7-24(21)31-27)23-5-9-33(10-6-23)26(35)20-4-8-28-25(15-20)32-36-3/h4,8,12-16,23H,5-7,9-11,17H2,1-3H3,(H,28,32)(H,29,30,31). The monoisotopic (exact) mass is 503 g/mol. The highest BCUT2D eigenvalue weighted by Crippen LogP contribution is 2.26. The van der Waals surface area contributed by atoms with E-state index in [0.29, 0.717) is 23.4 Å². The van der Waals surface area contributed by atoms with Crippen molar-refractivity contribution in [3.05, 3.63) is 70.7 Å². The topological polar surface area (TPSA) is 86.3 Å². The van der Waals surface area contributed by atoms with Gasteiger partial charge in [0.1, 0.15) is 5.82 Å². The number of fused-ring (bicyclic) bond motifs is 1. The molecule has 2 aromatic heterocycles. The summed E-state index contributed by atoms with van der Waals surface area (Å²) in [6, 6.07) is 10.5. The van der Waals surface area contributed by atoms with Gasteiger partial charge in [-0.15, -0.1) is 0 Å². The van der Waals surface area contributed by atoms with Crippen LogP contribution in [0.25, 0.3) is 0 Å². The number of nitrogens with one attached hydrogen (secondary N) is 2. The molecular weight excluding hydrogens is 470 g/mol. The van der Waals surface area contributed by atoms with Gasteiger partial charge in [0, 0.05) is 74.1 Å². The second-order valence-corrected chi connectivity index (χ2v) is 10.3. The molecule has 0 unspecified atom stereocenters. The normalized spacial score (nSPS) is 16.5. The molecule has 1 saturated heterocycles. The molecule has 3 aromatic rings. The van der Waals surface area contributed by atoms with Crippen molar-refractivity contribution >= 4 is 35.3 Å². The Morgan fingerprint density at radius 1 is 1.06 bits per heavy atom. The average molecular weight is 504 g/mol. The quantitative estimate of drug-likeness (QED) is 0.473. The van der Waals surface area contributed by atoms with Gasteiger partial charge in [0.05, 0.1) is 5.69 Å². The molecule has 1 amide bonds. The van der Waals surface area contributed by atoms with Crippen LogP contribution in [0.4, 0.5) is 17.5 Å². The highest BCUT2D eigenvalue weighted by atomic mass is 32.2. The molecule has 4 heterocycles. The maximum Gasteiger partial charge on any atom is 0.254 e. The molecule has 2 N–H and O–H groups in total. The van der Waals surface area contributed by atoms with E-state index in [1.54, 1.807) is 12.3 Å². The van der Waals surface area contributed by atoms with E-state index in [4.69, 9.17) is 4.98 Å². The van der Waals surface area contributed by atoms with Crippen molar-refractivity contribution in [2.75, 3.05) is 35.9 Å². The molecule has 0 bridgehead atoms. The van der Waals surface area contributed by atoms with Crippen molar-refractivity contribution < 1.29 is 4.79 Å². The van der Waals surface area contributed by atoms with Gasteiger partial charge in [-0.2, -0.15) is 0 Å². The van der Waals surface area contributed by atoms with E-state index >= 15 is 0 Å². The number of rotatable bonds is 6. The SMILES string of the molecule is CSNc1cc(C(=O)N2CCC(N3CCc4nc(Nc5cc(C)cc(C)c5)ncc4C3)CC2)ccn1. The fourth-order valence-corrected chi connectivity index (χ4v) is 5.55. The number of carbonyl (C=O) groups is 1. The zero-order valence-electron chi connectivity index (χ0n) is 21.1. The van der Waals surface area contributed by atoms with Crippen molar-refractivity contribution in [2.45, 2.75) is 45.7 Å². The van der Waals surface area contributed by atoms with Crippen LogP contribution < -0.4 is 10.0 Å². The lowest BCUT2D eigenvalue weighted by Gasteiger charge is -2.40. The summed E-state index contributed by atoms with van der Waals surface area (Å²) in [5, 5.41) is 3.37. The van der Waals surface area contributed by atoms with Crippen molar-refractivity contribution in [2.24, 2.45) is 0 Å². The molecule has 0 aliphatic carbocycles. The summed E-state index contributed by atoms with van der Waals surface area (Å²) in [4.78, 5) is 31.2. The number of hydrogen-bond donors (Lipinski definition) is 2. The van der Waals surface area contributed by atoms with Crippen molar-refractivity contribution in [3.63, 3.8) is 0 Å². The molecule has 8 nitrogen and oxygen atoms in total. The molecule has 1 aromatic carbocycles. The van der Waals surface area contributed by atoms with Crippen molar-refractivity contribution in [3.8, 4) is 0 Å². The molecule has 0 spiro atoms. The van der Waals surface area contributed by atoms with E-state index in [9.17, 15) is 4.79 Å². The summed E-state index contributed by atoms with van der Waals surface area (Å²) in [6.07, 6.45) is 8.48. The van der Waals surface area contributed by atoms with Crippen LogP contribution in [0, 0.1) is 13.8 Å². The predicted molar refractivity (Wildman–Crippen MR) is 146 cm³/mol. The second kappa shape index (κ2) is 10.8. The van der Waals surface area contributed by atoms with Gasteiger partial charge < -0.3 is 14.9 Å². The van der Waals surface area contributed by atoms with Crippen molar-refractivity contribution in [1.29, 1.82) is 0 Å². The Morgan fingerprint density at radius 3 is 2.58 bits per heavy atom. The zero-order chi connectivity index (χ0) is 25.1. The number of aromatic nitrogens is 3. The first-order valence-corrected chi connectivity index (χ1v) is 13.7. The van der Waals surface area contributed by atoms with E-state index < -0.39 is 0 Å². The predicted octanol–water partition coefficient (Wildman–Crippen LogP) is 4.58. The smallest absolute Gasteiger partial charge is 0.254 e. The van der Waals surface area contributed by atoms with Crippen LogP contribution in [0.1, 0.15) is 45.6 Å². The highest BCUT2D eigenvalue weighted by Gasteiger charge is 2.30. The average Bonchev–Trinajstić information content (AvgIpc) is 2.88. The summed E-state index contributed by atoms with van der Waals surface area (Å²) < 4.78 is 3.10. The third-order valence-electron chi connectivity index (χ3n) is 6.92. The maximum atomic E-state index is 13.0. The second-order valence-electron chi connectivity index (χ2n) is 9.65. The summed E-state index contributed by atoms with van der Waals surface area (Å²) in [7, 11) is 0. The Hall–Kier alpha value is -3.17. The van der Waals surface area contributed by atoms with Crippen LogP contribution in [0.5, 0.6) is 0 Å². The minimum atomic E-state index is 0.0845. The minimum Gasteiger partial charge on any atom is -0.339 e. The number of piperidine rings is 1.